The fourth-order valence-corrected chi connectivity index (χ4v) is 5.28. The van der Waals surface area contributed by atoms with Crippen LogP contribution in [-0.2, 0) is 23.9 Å². The van der Waals surface area contributed by atoms with E-state index < -0.39 is 0 Å². The summed E-state index contributed by atoms with van der Waals surface area (Å²) in [6, 6.07) is 0. The maximum atomic E-state index is 11.9. The topological polar surface area (TPSA) is 69.7 Å². The van der Waals surface area contributed by atoms with Gasteiger partial charge in [0.15, 0.2) is 0 Å². The molecule has 1 saturated heterocycles. The number of fused-ring (bicyclic) bond motifs is 8. The summed E-state index contributed by atoms with van der Waals surface area (Å²) in [5.41, 5.74) is 1.00. The second kappa shape index (κ2) is 3.96. The van der Waals surface area contributed by atoms with Crippen molar-refractivity contribution < 1.29 is 23.9 Å². The summed E-state index contributed by atoms with van der Waals surface area (Å²) in [6.45, 7) is 5.29. The summed E-state index contributed by atoms with van der Waals surface area (Å²) >= 11 is 0. The number of allylic oxidation sites excluding steroid dienone is 2. The van der Waals surface area contributed by atoms with E-state index >= 15 is 0 Å². The molecule has 1 unspecified atom stereocenters. The monoisotopic (exact) mass is 290 g/mol. The molecular formula is C16H18O5. The van der Waals surface area contributed by atoms with Crippen LogP contribution >= 0.6 is 0 Å². The third kappa shape index (κ3) is 1.54. The highest BCUT2D eigenvalue weighted by Crippen LogP contribution is 2.75. The molecule has 112 valence electrons. The second-order valence-corrected chi connectivity index (χ2v) is 6.99. The molecule has 3 aliphatic carbocycles. The van der Waals surface area contributed by atoms with E-state index in [0.717, 1.165) is 17.8 Å². The Labute approximate surface area is 122 Å². The van der Waals surface area contributed by atoms with Crippen LogP contribution in [0.2, 0.25) is 0 Å². The molecule has 3 saturated carbocycles. The smallest absolute Gasteiger partial charge is 0.317 e. The minimum Gasteiger partial charge on any atom is -0.431 e. The molecule has 4 rings (SSSR count). The van der Waals surface area contributed by atoms with Crippen LogP contribution < -0.4 is 0 Å². The van der Waals surface area contributed by atoms with E-state index in [1.165, 1.54) is 6.92 Å². The summed E-state index contributed by atoms with van der Waals surface area (Å²) in [5.74, 6) is 0.673. The second-order valence-electron chi connectivity index (χ2n) is 6.99. The Morgan fingerprint density at radius 1 is 1.05 bits per heavy atom. The van der Waals surface area contributed by atoms with Crippen molar-refractivity contribution in [1.29, 1.82) is 0 Å². The normalized spacial score (nSPS) is 45.0. The standard InChI is InChI=1S/C16H18O5/c1-5(2)14(20-6(3)17)13-9-7-4-8(10(9)13)12-11(7)15(18)21-16(12)19/h7-13H,4H2,1-3H3/t7-,8+,9+,10-,11+,12-,13?. The van der Waals surface area contributed by atoms with Gasteiger partial charge in [-0.3, -0.25) is 14.4 Å². The van der Waals surface area contributed by atoms with E-state index in [2.05, 4.69) is 0 Å². The number of cyclic esters (lactones) is 2. The summed E-state index contributed by atoms with van der Waals surface area (Å²) in [7, 11) is 0. The van der Waals surface area contributed by atoms with Crippen LogP contribution in [0.5, 0.6) is 0 Å². The van der Waals surface area contributed by atoms with Crippen molar-refractivity contribution >= 4 is 17.9 Å². The molecular weight excluding hydrogens is 272 g/mol. The Bertz CT molecular complexity index is 568. The lowest BCUT2D eigenvalue weighted by atomic mass is 9.81. The minimum atomic E-state index is -0.340. The fourth-order valence-electron chi connectivity index (χ4n) is 5.28. The number of hydrogen-bond acceptors (Lipinski definition) is 5. The van der Waals surface area contributed by atoms with Gasteiger partial charge in [0, 0.05) is 12.8 Å². The first-order valence-corrected chi connectivity index (χ1v) is 7.53. The lowest BCUT2D eigenvalue weighted by Crippen LogP contribution is -2.26. The molecule has 0 amide bonds. The molecule has 1 heterocycles. The highest BCUT2D eigenvalue weighted by Gasteiger charge is 2.76. The lowest BCUT2D eigenvalue weighted by Gasteiger charge is -2.16. The Hall–Kier alpha value is -1.65. The molecule has 2 bridgehead atoms. The van der Waals surface area contributed by atoms with Crippen LogP contribution in [0.4, 0.5) is 0 Å². The first-order chi connectivity index (χ1) is 9.91. The SMILES string of the molecule is CC(=O)OC(=C(C)C)C1[C@@H]2[C@@H]3C[C@@H]([C@@H]4C(=O)OC(=O)[C@H]34)[C@H]12. The molecule has 7 atom stereocenters. The van der Waals surface area contributed by atoms with E-state index in [-0.39, 0.29) is 47.5 Å². The van der Waals surface area contributed by atoms with Gasteiger partial charge in [0.05, 0.1) is 11.8 Å². The number of rotatable bonds is 2. The van der Waals surface area contributed by atoms with Gasteiger partial charge in [0.1, 0.15) is 5.76 Å². The summed E-state index contributed by atoms with van der Waals surface area (Å²) in [4.78, 5) is 35.0. The van der Waals surface area contributed by atoms with Crippen LogP contribution in [0.15, 0.2) is 11.3 Å². The third-order valence-electron chi connectivity index (χ3n) is 5.77. The van der Waals surface area contributed by atoms with Gasteiger partial charge in [-0.1, -0.05) is 0 Å². The van der Waals surface area contributed by atoms with Crippen molar-refractivity contribution in [3.63, 3.8) is 0 Å². The van der Waals surface area contributed by atoms with Gasteiger partial charge >= 0.3 is 17.9 Å². The van der Waals surface area contributed by atoms with Gasteiger partial charge < -0.3 is 9.47 Å². The molecule has 5 nitrogen and oxygen atoms in total. The number of esters is 3. The summed E-state index contributed by atoms with van der Waals surface area (Å²) in [6.07, 6.45) is 0.943. The molecule has 0 N–H and O–H groups in total. The quantitative estimate of drug-likeness (QED) is 0.439. The van der Waals surface area contributed by atoms with E-state index in [1.807, 2.05) is 13.8 Å². The van der Waals surface area contributed by atoms with E-state index in [1.54, 1.807) is 0 Å². The predicted molar refractivity (Wildman–Crippen MR) is 70.3 cm³/mol. The lowest BCUT2D eigenvalue weighted by molar-refractivity contribution is -0.155. The molecule has 0 radical (unpaired) electrons. The van der Waals surface area contributed by atoms with Crippen molar-refractivity contribution in [2.45, 2.75) is 27.2 Å². The predicted octanol–water partition coefficient (Wildman–Crippen LogP) is 1.67. The van der Waals surface area contributed by atoms with E-state index in [0.29, 0.717) is 11.8 Å². The molecule has 4 aliphatic rings. The zero-order chi connectivity index (χ0) is 15.0. The molecule has 4 fully saturated rings. The van der Waals surface area contributed by atoms with Crippen molar-refractivity contribution in [1.82, 2.24) is 0 Å². The van der Waals surface area contributed by atoms with Crippen molar-refractivity contribution in [2.75, 3.05) is 0 Å². The number of ether oxygens (including phenoxy) is 2. The number of carbonyl (C=O) groups is 3. The molecule has 1 aliphatic heterocycles. The Balaban J connectivity index is 1.63. The van der Waals surface area contributed by atoms with Gasteiger partial charge in [-0.15, -0.1) is 0 Å². The Morgan fingerprint density at radius 3 is 2.00 bits per heavy atom. The average molecular weight is 290 g/mol. The van der Waals surface area contributed by atoms with Crippen LogP contribution in [0.3, 0.4) is 0 Å². The van der Waals surface area contributed by atoms with Gasteiger partial charge in [-0.2, -0.15) is 0 Å². The van der Waals surface area contributed by atoms with Crippen molar-refractivity contribution in [3.05, 3.63) is 11.3 Å². The van der Waals surface area contributed by atoms with Crippen molar-refractivity contribution in [2.24, 2.45) is 41.4 Å². The maximum Gasteiger partial charge on any atom is 0.317 e. The van der Waals surface area contributed by atoms with E-state index in [4.69, 9.17) is 9.47 Å². The molecule has 5 heteroatoms. The molecule has 0 aromatic rings. The zero-order valence-corrected chi connectivity index (χ0v) is 12.3. The van der Waals surface area contributed by atoms with Crippen LogP contribution in [0.25, 0.3) is 0 Å². The minimum absolute atomic E-state index is 0.203. The third-order valence-corrected chi connectivity index (χ3v) is 5.77. The van der Waals surface area contributed by atoms with Gasteiger partial charge in [0.2, 0.25) is 0 Å². The highest BCUT2D eigenvalue weighted by atomic mass is 16.6. The number of carbonyl (C=O) groups excluding carboxylic acids is 3. The first-order valence-electron chi connectivity index (χ1n) is 7.53. The van der Waals surface area contributed by atoms with Crippen LogP contribution in [0, 0.1) is 41.4 Å². The van der Waals surface area contributed by atoms with Crippen molar-refractivity contribution in [3.8, 4) is 0 Å². The van der Waals surface area contributed by atoms with E-state index in [9.17, 15) is 14.4 Å². The molecule has 0 aromatic heterocycles. The summed E-state index contributed by atoms with van der Waals surface area (Å²) in [5, 5.41) is 0. The van der Waals surface area contributed by atoms with Gasteiger partial charge in [-0.25, -0.2) is 0 Å². The van der Waals surface area contributed by atoms with Crippen LogP contribution in [-0.4, -0.2) is 17.9 Å². The Kier molecular flexibility index (Phi) is 2.46. The largest absolute Gasteiger partial charge is 0.431 e. The fraction of sp³-hybridized carbons (Fsp3) is 0.688. The highest BCUT2D eigenvalue weighted by molar-refractivity contribution is 5.98. The number of hydrogen-bond donors (Lipinski definition) is 0. The molecule has 0 spiro atoms. The summed E-state index contributed by atoms with van der Waals surface area (Å²) < 4.78 is 10.2. The van der Waals surface area contributed by atoms with Gasteiger partial charge in [-0.05, 0) is 49.5 Å². The maximum absolute atomic E-state index is 11.9. The van der Waals surface area contributed by atoms with Crippen LogP contribution in [0.1, 0.15) is 27.2 Å². The Morgan fingerprint density at radius 2 is 1.57 bits per heavy atom. The zero-order valence-electron chi connectivity index (χ0n) is 12.3. The molecule has 21 heavy (non-hydrogen) atoms. The first kappa shape index (κ1) is 13.0. The van der Waals surface area contributed by atoms with Gasteiger partial charge in [0.25, 0.3) is 0 Å². The molecule has 0 aromatic carbocycles. The average Bonchev–Trinajstić information content (AvgIpc) is 2.70.